The molecule has 0 bridgehead atoms. The van der Waals surface area contributed by atoms with Gasteiger partial charge >= 0.3 is 0 Å². The lowest BCUT2D eigenvalue weighted by Gasteiger charge is -2.09. The van der Waals surface area contributed by atoms with Crippen LogP contribution in [0.4, 0.5) is 5.69 Å². The van der Waals surface area contributed by atoms with Crippen molar-refractivity contribution < 1.29 is 18.4 Å². The second-order valence-corrected chi connectivity index (χ2v) is 3.24. The number of benzene rings is 1. The summed E-state index contributed by atoms with van der Waals surface area (Å²) in [6, 6.07) is 3.29. The molecule has 0 saturated heterocycles. The van der Waals surface area contributed by atoms with Crippen LogP contribution in [0.2, 0.25) is 0 Å². The maximum Gasteiger partial charge on any atom is 0.273 e. The molecule has 1 rings (SSSR count). The summed E-state index contributed by atoms with van der Waals surface area (Å²) in [5.41, 5.74) is -0.212. The smallest absolute Gasteiger partial charge is 0.273 e. The molecule has 14 heavy (non-hydrogen) atoms. The van der Waals surface area contributed by atoms with Crippen LogP contribution in [0.15, 0.2) is 23.1 Å². The molecule has 0 amide bonds. The van der Waals surface area contributed by atoms with Crippen molar-refractivity contribution in [3.05, 3.63) is 28.3 Å². The van der Waals surface area contributed by atoms with E-state index in [0.717, 1.165) is 18.2 Å². The summed E-state index contributed by atoms with van der Waals surface area (Å²) in [6.07, 6.45) is 0. The quantitative estimate of drug-likeness (QED) is 0.424. The summed E-state index contributed by atoms with van der Waals surface area (Å²) in [7, 11) is 1.25. The third kappa shape index (κ3) is 2.06. The number of methoxy groups -OCH3 is 1. The van der Waals surface area contributed by atoms with Crippen LogP contribution in [-0.2, 0) is 11.1 Å². The highest BCUT2D eigenvalue weighted by Crippen LogP contribution is 2.26. The molecule has 7 heteroatoms. The molecule has 0 aromatic heterocycles. The zero-order valence-electron chi connectivity index (χ0n) is 7.13. The van der Waals surface area contributed by atoms with Crippen LogP contribution in [0, 0.1) is 10.1 Å². The number of rotatable bonds is 3. The van der Waals surface area contributed by atoms with Gasteiger partial charge in [-0.15, -0.1) is 0 Å². The molecule has 1 unspecified atom stereocenters. The molecule has 0 heterocycles. The van der Waals surface area contributed by atoms with Crippen LogP contribution >= 0.6 is 0 Å². The zero-order valence-corrected chi connectivity index (χ0v) is 7.95. The Morgan fingerprint density at radius 2 is 2.14 bits per heavy atom. The SMILES string of the molecule is COc1cc([N+](=O)[O-])ccc1S(=O)[O-]. The molecule has 1 aromatic rings. The second-order valence-electron chi connectivity index (χ2n) is 2.33. The maximum atomic E-state index is 10.6. The predicted octanol–water partition coefficient (Wildman–Crippen LogP) is 0.841. The normalized spacial score (nSPS) is 12.1. The molecule has 0 spiro atoms. The van der Waals surface area contributed by atoms with E-state index in [4.69, 9.17) is 4.74 Å². The minimum Gasteiger partial charge on any atom is -0.768 e. The van der Waals surface area contributed by atoms with Gasteiger partial charge in [-0.2, -0.15) is 0 Å². The molecule has 0 saturated carbocycles. The van der Waals surface area contributed by atoms with Crippen molar-refractivity contribution in [2.45, 2.75) is 4.90 Å². The Morgan fingerprint density at radius 1 is 1.50 bits per heavy atom. The fraction of sp³-hybridized carbons (Fsp3) is 0.143. The van der Waals surface area contributed by atoms with E-state index in [1.807, 2.05) is 0 Å². The Kier molecular flexibility index (Phi) is 3.15. The number of hydrogen-bond acceptors (Lipinski definition) is 5. The zero-order chi connectivity index (χ0) is 10.7. The minimum absolute atomic E-state index is 0.0347. The molecule has 0 aliphatic carbocycles. The largest absolute Gasteiger partial charge is 0.768 e. The average molecular weight is 216 g/mol. The van der Waals surface area contributed by atoms with Crippen molar-refractivity contribution in [3.63, 3.8) is 0 Å². The van der Waals surface area contributed by atoms with E-state index in [0.29, 0.717) is 0 Å². The van der Waals surface area contributed by atoms with Crippen LogP contribution in [-0.4, -0.2) is 20.8 Å². The first-order valence-corrected chi connectivity index (χ1v) is 4.55. The Morgan fingerprint density at radius 3 is 2.57 bits per heavy atom. The van der Waals surface area contributed by atoms with Crippen molar-refractivity contribution >= 4 is 16.8 Å². The van der Waals surface area contributed by atoms with E-state index in [1.54, 1.807) is 0 Å². The highest BCUT2D eigenvalue weighted by atomic mass is 32.2. The van der Waals surface area contributed by atoms with Crippen LogP contribution in [0.5, 0.6) is 5.75 Å². The van der Waals surface area contributed by atoms with E-state index >= 15 is 0 Å². The van der Waals surface area contributed by atoms with Gasteiger partial charge in [-0.3, -0.25) is 14.3 Å². The molecule has 0 N–H and O–H groups in total. The van der Waals surface area contributed by atoms with Crippen molar-refractivity contribution in [1.82, 2.24) is 0 Å². The monoisotopic (exact) mass is 216 g/mol. The molecule has 0 fully saturated rings. The fourth-order valence-corrected chi connectivity index (χ4v) is 1.39. The Bertz CT molecular complexity index is 392. The van der Waals surface area contributed by atoms with E-state index in [1.165, 1.54) is 7.11 Å². The highest BCUT2D eigenvalue weighted by Gasteiger charge is 2.11. The Balaban J connectivity index is 3.25. The Hall–Kier alpha value is -1.47. The number of hydrogen-bond donors (Lipinski definition) is 0. The lowest BCUT2D eigenvalue weighted by Crippen LogP contribution is -1.96. The number of nitro benzene ring substituents is 1. The number of ether oxygens (including phenoxy) is 1. The van der Waals surface area contributed by atoms with E-state index in [2.05, 4.69) is 0 Å². The molecular formula is C7H6NO5S-. The summed E-state index contributed by atoms with van der Waals surface area (Å²) >= 11 is -2.46. The van der Waals surface area contributed by atoms with E-state index in [9.17, 15) is 18.9 Å². The topological polar surface area (TPSA) is 92.5 Å². The van der Waals surface area contributed by atoms with Gasteiger partial charge in [0.15, 0.2) is 0 Å². The van der Waals surface area contributed by atoms with Gasteiger partial charge in [0.1, 0.15) is 5.75 Å². The summed E-state index contributed by atoms with van der Waals surface area (Å²) < 4.78 is 25.9. The predicted molar refractivity (Wildman–Crippen MR) is 46.8 cm³/mol. The van der Waals surface area contributed by atoms with Gasteiger partial charge in [-0.1, -0.05) is 0 Å². The van der Waals surface area contributed by atoms with Crippen molar-refractivity contribution in [2.24, 2.45) is 0 Å². The number of nitro groups is 1. The van der Waals surface area contributed by atoms with Crippen LogP contribution in [0.1, 0.15) is 0 Å². The molecule has 0 radical (unpaired) electrons. The maximum absolute atomic E-state index is 10.6. The Labute approximate surface area is 81.9 Å². The van der Waals surface area contributed by atoms with Gasteiger partial charge in [-0.05, 0) is 17.1 Å². The molecule has 1 aromatic carbocycles. The summed E-state index contributed by atoms with van der Waals surface area (Å²) in [4.78, 5) is 9.62. The molecule has 0 aliphatic rings. The number of non-ortho nitro benzene ring substituents is 1. The molecule has 6 nitrogen and oxygen atoms in total. The second kappa shape index (κ2) is 4.16. The minimum atomic E-state index is -2.46. The van der Waals surface area contributed by atoms with Crippen LogP contribution in [0.3, 0.4) is 0 Å². The fourth-order valence-electron chi connectivity index (χ4n) is 0.908. The van der Waals surface area contributed by atoms with E-state index < -0.39 is 16.0 Å². The van der Waals surface area contributed by atoms with Gasteiger partial charge in [0, 0.05) is 6.07 Å². The lowest BCUT2D eigenvalue weighted by molar-refractivity contribution is -0.385. The standard InChI is InChI=1S/C7H7NO5S/c1-13-6-4-5(8(9)10)2-3-7(6)14(11)12/h2-4H,1H3,(H,11,12)/p-1. The third-order valence-electron chi connectivity index (χ3n) is 1.54. The van der Waals surface area contributed by atoms with Crippen molar-refractivity contribution in [2.75, 3.05) is 7.11 Å². The molecule has 1 atom stereocenters. The van der Waals surface area contributed by atoms with Crippen molar-refractivity contribution in [3.8, 4) is 5.75 Å². The highest BCUT2D eigenvalue weighted by molar-refractivity contribution is 7.79. The van der Waals surface area contributed by atoms with E-state index in [-0.39, 0.29) is 16.3 Å². The van der Waals surface area contributed by atoms with Crippen LogP contribution in [0.25, 0.3) is 0 Å². The first-order chi connectivity index (χ1) is 6.56. The van der Waals surface area contributed by atoms with Crippen molar-refractivity contribution in [1.29, 1.82) is 0 Å². The summed E-state index contributed by atoms with van der Waals surface area (Å²) in [5, 5.41) is 10.3. The molecule has 76 valence electrons. The summed E-state index contributed by atoms with van der Waals surface area (Å²) in [6.45, 7) is 0. The number of nitrogens with zero attached hydrogens (tertiary/aromatic N) is 1. The van der Waals surface area contributed by atoms with Gasteiger partial charge in [0.25, 0.3) is 5.69 Å². The van der Waals surface area contributed by atoms with Gasteiger partial charge in [0.05, 0.1) is 23.0 Å². The van der Waals surface area contributed by atoms with Crippen LogP contribution < -0.4 is 4.74 Å². The van der Waals surface area contributed by atoms with Gasteiger partial charge < -0.3 is 9.29 Å². The summed E-state index contributed by atoms with van der Waals surface area (Å²) in [5.74, 6) is -0.0347. The third-order valence-corrected chi connectivity index (χ3v) is 2.23. The van der Waals surface area contributed by atoms with Gasteiger partial charge in [0.2, 0.25) is 0 Å². The lowest BCUT2D eigenvalue weighted by atomic mass is 10.3. The first-order valence-electron chi connectivity index (χ1n) is 3.48. The molecular weight excluding hydrogens is 210 g/mol. The average Bonchev–Trinajstić information content (AvgIpc) is 2.16. The molecule has 0 aliphatic heterocycles. The van der Waals surface area contributed by atoms with Gasteiger partial charge in [-0.25, -0.2) is 0 Å². The first kappa shape index (κ1) is 10.6.